The third kappa shape index (κ3) is 2.60. The van der Waals surface area contributed by atoms with Gasteiger partial charge in [-0.15, -0.1) is 0 Å². The lowest BCUT2D eigenvalue weighted by Gasteiger charge is -2.22. The van der Waals surface area contributed by atoms with Gasteiger partial charge in [0.1, 0.15) is 4.90 Å². The molecule has 0 amide bonds. The molecule has 8 heteroatoms. The highest BCUT2D eigenvalue weighted by molar-refractivity contribution is 7.99. The Bertz CT molecular complexity index is 497. The molecule has 1 aliphatic rings. The number of sulfonamides is 1. The summed E-state index contributed by atoms with van der Waals surface area (Å²) in [4.78, 5) is 8.02. The van der Waals surface area contributed by atoms with E-state index in [1.165, 1.54) is 16.7 Å². The zero-order valence-corrected chi connectivity index (χ0v) is 12.0. The molecule has 0 saturated carbocycles. The average Bonchev–Trinajstić information content (AvgIpc) is 2.91. The molecule has 2 rings (SSSR count). The molecule has 0 bridgehead atoms. The van der Waals surface area contributed by atoms with E-state index in [9.17, 15) is 8.42 Å². The van der Waals surface area contributed by atoms with E-state index in [1.807, 2.05) is 0 Å². The summed E-state index contributed by atoms with van der Waals surface area (Å²) in [5.74, 6) is 2.28. The molecule has 1 aromatic rings. The van der Waals surface area contributed by atoms with Gasteiger partial charge in [-0.05, 0) is 12.2 Å². The van der Waals surface area contributed by atoms with Crippen LogP contribution in [0.25, 0.3) is 0 Å². The van der Waals surface area contributed by atoms with Gasteiger partial charge in [-0.1, -0.05) is 0 Å². The molecule has 1 aliphatic heterocycles. The van der Waals surface area contributed by atoms with Crippen LogP contribution in [0.1, 0.15) is 6.42 Å². The van der Waals surface area contributed by atoms with Crippen LogP contribution in [-0.2, 0) is 10.0 Å². The highest BCUT2D eigenvalue weighted by Gasteiger charge is 2.30. The molecule has 1 N–H and O–H groups in total. The van der Waals surface area contributed by atoms with Crippen molar-refractivity contribution in [2.75, 3.05) is 30.9 Å². The monoisotopic (exact) mass is 288 g/mol. The van der Waals surface area contributed by atoms with Crippen molar-refractivity contribution in [3.8, 4) is 0 Å². The van der Waals surface area contributed by atoms with Gasteiger partial charge in [0.2, 0.25) is 16.0 Å². The molecule has 0 spiro atoms. The fourth-order valence-corrected chi connectivity index (χ4v) is 4.39. The number of anilines is 1. The maximum Gasteiger partial charge on any atom is 0.246 e. The topological polar surface area (TPSA) is 75.2 Å². The lowest BCUT2D eigenvalue weighted by molar-refractivity contribution is 0.394. The first kappa shape index (κ1) is 13.6. The molecule has 1 aromatic heterocycles. The molecule has 0 aliphatic carbocycles. The van der Waals surface area contributed by atoms with E-state index in [1.54, 1.807) is 25.9 Å². The molecule has 1 saturated heterocycles. The summed E-state index contributed by atoms with van der Waals surface area (Å²) >= 11 is 1.78. The van der Waals surface area contributed by atoms with Crippen molar-refractivity contribution in [1.82, 2.24) is 14.3 Å². The van der Waals surface area contributed by atoms with Gasteiger partial charge in [0.15, 0.2) is 0 Å². The standard InChI is InChI=1S/C10H16N4O2S2/c1-11-10-12-5-9(6-13-10)18(15,16)14(2)8-3-4-17-7-8/h5-6,8H,3-4,7H2,1-2H3,(H,11,12,13). The Balaban J connectivity index is 2.23. The predicted molar refractivity (Wildman–Crippen MR) is 72.3 cm³/mol. The van der Waals surface area contributed by atoms with Crippen molar-refractivity contribution < 1.29 is 8.42 Å². The van der Waals surface area contributed by atoms with Crippen molar-refractivity contribution in [3.05, 3.63) is 12.4 Å². The quantitative estimate of drug-likeness (QED) is 0.876. The Hall–Kier alpha value is -0.860. The minimum Gasteiger partial charge on any atom is -0.357 e. The van der Waals surface area contributed by atoms with Crippen LogP contribution in [-0.4, -0.2) is 54.3 Å². The van der Waals surface area contributed by atoms with E-state index in [0.29, 0.717) is 5.95 Å². The molecule has 2 heterocycles. The molecule has 6 nitrogen and oxygen atoms in total. The second-order valence-corrected chi connectivity index (χ2v) is 7.18. The SMILES string of the molecule is CNc1ncc(S(=O)(=O)N(C)C2CCSC2)cn1. The molecular weight excluding hydrogens is 272 g/mol. The summed E-state index contributed by atoms with van der Waals surface area (Å²) in [5.41, 5.74) is 0. The minimum atomic E-state index is -3.48. The van der Waals surface area contributed by atoms with E-state index in [2.05, 4.69) is 15.3 Å². The highest BCUT2D eigenvalue weighted by atomic mass is 32.2. The first-order valence-electron chi connectivity index (χ1n) is 5.61. The Morgan fingerprint density at radius 2 is 2.11 bits per heavy atom. The second-order valence-electron chi connectivity index (χ2n) is 4.03. The second kappa shape index (κ2) is 5.41. The van der Waals surface area contributed by atoms with Gasteiger partial charge >= 0.3 is 0 Å². The van der Waals surface area contributed by atoms with Gasteiger partial charge in [0.05, 0.1) is 12.4 Å². The number of nitrogens with one attached hydrogen (secondary N) is 1. The highest BCUT2D eigenvalue weighted by Crippen LogP contribution is 2.25. The average molecular weight is 288 g/mol. The van der Waals surface area contributed by atoms with Crippen molar-refractivity contribution in [2.24, 2.45) is 0 Å². The molecule has 1 unspecified atom stereocenters. The molecular formula is C10H16N4O2S2. The van der Waals surface area contributed by atoms with Gasteiger partial charge in [-0.25, -0.2) is 18.4 Å². The van der Waals surface area contributed by atoms with Gasteiger partial charge in [-0.3, -0.25) is 0 Å². The summed E-state index contributed by atoms with van der Waals surface area (Å²) in [7, 11) is -0.171. The third-order valence-corrected chi connectivity index (χ3v) is 5.96. The van der Waals surface area contributed by atoms with E-state index in [4.69, 9.17) is 0 Å². The largest absolute Gasteiger partial charge is 0.357 e. The number of thioether (sulfide) groups is 1. The summed E-state index contributed by atoms with van der Waals surface area (Å²) in [6, 6.07) is 0.0731. The zero-order chi connectivity index (χ0) is 13.2. The Morgan fingerprint density at radius 1 is 1.44 bits per heavy atom. The predicted octanol–water partition coefficient (Wildman–Crippen LogP) is 0.644. The van der Waals surface area contributed by atoms with E-state index in [-0.39, 0.29) is 10.9 Å². The van der Waals surface area contributed by atoms with Crippen LogP contribution in [0.15, 0.2) is 17.3 Å². The van der Waals surface area contributed by atoms with Crippen LogP contribution >= 0.6 is 11.8 Å². The number of hydrogen-bond acceptors (Lipinski definition) is 6. The summed E-state index contributed by atoms with van der Waals surface area (Å²) < 4.78 is 26.1. The van der Waals surface area contributed by atoms with Crippen LogP contribution in [0.2, 0.25) is 0 Å². The Labute approximate surface area is 111 Å². The number of rotatable bonds is 4. The van der Waals surface area contributed by atoms with Crippen LogP contribution in [0.4, 0.5) is 5.95 Å². The van der Waals surface area contributed by atoms with Crippen LogP contribution in [0, 0.1) is 0 Å². The van der Waals surface area contributed by atoms with Crippen molar-refractivity contribution in [1.29, 1.82) is 0 Å². The summed E-state index contributed by atoms with van der Waals surface area (Å²) in [5, 5.41) is 2.76. The van der Waals surface area contributed by atoms with Crippen LogP contribution in [0.3, 0.4) is 0 Å². The lowest BCUT2D eigenvalue weighted by atomic mass is 10.3. The lowest BCUT2D eigenvalue weighted by Crippen LogP contribution is -2.37. The number of hydrogen-bond donors (Lipinski definition) is 1. The minimum absolute atomic E-state index is 0.0731. The van der Waals surface area contributed by atoms with Crippen molar-refractivity contribution in [2.45, 2.75) is 17.4 Å². The van der Waals surface area contributed by atoms with Gasteiger partial charge in [0.25, 0.3) is 0 Å². The molecule has 18 heavy (non-hydrogen) atoms. The fraction of sp³-hybridized carbons (Fsp3) is 0.600. The smallest absolute Gasteiger partial charge is 0.246 e. The van der Waals surface area contributed by atoms with Gasteiger partial charge in [-0.2, -0.15) is 16.1 Å². The number of aromatic nitrogens is 2. The normalized spacial score (nSPS) is 20.3. The Kier molecular flexibility index (Phi) is 4.08. The van der Waals surface area contributed by atoms with Crippen LogP contribution in [0.5, 0.6) is 0 Å². The summed E-state index contributed by atoms with van der Waals surface area (Å²) in [6.07, 6.45) is 3.58. The van der Waals surface area contributed by atoms with Crippen molar-refractivity contribution in [3.63, 3.8) is 0 Å². The maximum absolute atomic E-state index is 12.3. The first-order valence-corrected chi connectivity index (χ1v) is 8.21. The molecule has 0 aromatic carbocycles. The first-order chi connectivity index (χ1) is 8.55. The van der Waals surface area contributed by atoms with E-state index in [0.717, 1.165) is 17.9 Å². The van der Waals surface area contributed by atoms with E-state index < -0.39 is 10.0 Å². The molecule has 0 radical (unpaired) electrons. The van der Waals surface area contributed by atoms with Crippen molar-refractivity contribution >= 4 is 27.7 Å². The van der Waals surface area contributed by atoms with Gasteiger partial charge < -0.3 is 5.32 Å². The molecule has 1 fully saturated rings. The summed E-state index contributed by atoms with van der Waals surface area (Å²) in [6.45, 7) is 0. The number of nitrogens with zero attached hydrogens (tertiary/aromatic N) is 3. The molecule has 1 atom stereocenters. The molecule has 100 valence electrons. The fourth-order valence-electron chi connectivity index (χ4n) is 1.75. The van der Waals surface area contributed by atoms with Crippen LogP contribution < -0.4 is 5.32 Å². The zero-order valence-electron chi connectivity index (χ0n) is 10.3. The van der Waals surface area contributed by atoms with Gasteiger partial charge in [0, 0.05) is 25.9 Å². The maximum atomic E-state index is 12.3. The third-order valence-electron chi connectivity index (χ3n) is 2.95. The van der Waals surface area contributed by atoms with E-state index >= 15 is 0 Å². The Morgan fingerprint density at radius 3 is 2.61 bits per heavy atom.